The summed E-state index contributed by atoms with van der Waals surface area (Å²) >= 11 is 0. The lowest BCUT2D eigenvalue weighted by molar-refractivity contribution is -0.131. The molecule has 2 saturated carbocycles. The Hall–Kier alpha value is -1.71. The van der Waals surface area contributed by atoms with Crippen molar-refractivity contribution >= 4 is 5.91 Å². The van der Waals surface area contributed by atoms with E-state index in [0.29, 0.717) is 18.9 Å². The number of rotatable bonds is 6. The van der Waals surface area contributed by atoms with Crippen LogP contribution in [0, 0.1) is 17.8 Å². The molecule has 0 saturated heterocycles. The number of benzene rings is 1. The summed E-state index contributed by atoms with van der Waals surface area (Å²) in [4.78, 5) is 14.4. The number of carbonyl (C=O) groups is 1. The average molecular weight is 317 g/mol. The third-order valence-corrected chi connectivity index (χ3v) is 5.65. The summed E-state index contributed by atoms with van der Waals surface area (Å²) in [5, 5.41) is 0. The number of methoxy groups -OCH3 is 2. The summed E-state index contributed by atoms with van der Waals surface area (Å²) in [7, 11) is 5.17. The lowest BCUT2D eigenvalue weighted by Gasteiger charge is -2.25. The molecule has 2 aliphatic carbocycles. The Labute approximate surface area is 138 Å². The molecule has 4 nitrogen and oxygen atoms in total. The minimum Gasteiger partial charge on any atom is -0.497 e. The molecule has 0 heterocycles. The first-order valence-corrected chi connectivity index (χ1v) is 8.55. The van der Waals surface area contributed by atoms with Gasteiger partial charge in [0.2, 0.25) is 5.91 Å². The van der Waals surface area contributed by atoms with Crippen molar-refractivity contribution in [3.8, 4) is 11.5 Å². The maximum atomic E-state index is 12.6. The van der Waals surface area contributed by atoms with E-state index in [1.165, 1.54) is 25.7 Å². The molecule has 2 aliphatic rings. The number of fused-ring (bicyclic) bond motifs is 2. The average Bonchev–Trinajstić information content (AvgIpc) is 3.17. The molecule has 0 spiro atoms. The number of amides is 1. The highest BCUT2D eigenvalue weighted by molar-refractivity contribution is 5.76. The fraction of sp³-hybridized carbons (Fsp3) is 0.632. The third-order valence-electron chi connectivity index (χ3n) is 5.65. The van der Waals surface area contributed by atoms with Gasteiger partial charge in [0, 0.05) is 31.6 Å². The molecule has 0 aromatic heterocycles. The predicted octanol–water partition coefficient (Wildman–Crippen LogP) is 3.49. The van der Waals surface area contributed by atoms with Gasteiger partial charge in [-0.1, -0.05) is 6.42 Å². The molecule has 1 aromatic rings. The van der Waals surface area contributed by atoms with Crippen molar-refractivity contribution < 1.29 is 14.3 Å². The van der Waals surface area contributed by atoms with Crippen molar-refractivity contribution in [2.75, 3.05) is 21.3 Å². The van der Waals surface area contributed by atoms with Crippen LogP contribution in [0.4, 0.5) is 0 Å². The van der Waals surface area contributed by atoms with E-state index in [-0.39, 0.29) is 5.91 Å². The second-order valence-electron chi connectivity index (χ2n) is 7.07. The summed E-state index contributed by atoms with van der Waals surface area (Å²) in [5.41, 5.74) is 1.01. The Morgan fingerprint density at radius 2 is 2.04 bits per heavy atom. The minimum absolute atomic E-state index is 0.250. The highest BCUT2D eigenvalue weighted by Gasteiger charge is 2.40. The zero-order valence-corrected chi connectivity index (χ0v) is 14.4. The van der Waals surface area contributed by atoms with Crippen molar-refractivity contribution in [1.29, 1.82) is 0 Å². The molecule has 126 valence electrons. The van der Waals surface area contributed by atoms with Gasteiger partial charge in [0.1, 0.15) is 11.5 Å². The van der Waals surface area contributed by atoms with Crippen LogP contribution in [-0.2, 0) is 11.3 Å². The summed E-state index contributed by atoms with van der Waals surface area (Å²) in [6.07, 6.45) is 6.03. The molecule has 23 heavy (non-hydrogen) atoms. The molecule has 1 amide bonds. The normalized spacial score (nSPS) is 25.4. The number of nitrogens with zero attached hydrogens (tertiary/aromatic N) is 1. The van der Waals surface area contributed by atoms with Gasteiger partial charge >= 0.3 is 0 Å². The fourth-order valence-corrected chi connectivity index (χ4v) is 4.33. The monoisotopic (exact) mass is 317 g/mol. The standard InChI is InChI=1S/C19H27NO3/c1-20(12-15-6-7-17(22-2)11-18(15)23-3)19(21)10-16-9-13-4-5-14(16)8-13/h6-7,11,13-14,16H,4-5,8-10,12H2,1-3H3. The van der Waals surface area contributed by atoms with Gasteiger partial charge in [0.15, 0.2) is 0 Å². The zero-order chi connectivity index (χ0) is 16.4. The molecular formula is C19H27NO3. The van der Waals surface area contributed by atoms with Crippen LogP contribution < -0.4 is 9.47 Å². The second kappa shape index (κ2) is 6.81. The molecule has 2 fully saturated rings. The van der Waals surface area contributed by atoms with Crippen LogP contribution in [-0.4, -0.2) is 32.1 Å². The van der Waals surface area contributed by atoms with Gasteiger partial charge in [0.05, 0.1) is 14.2 Å². The Bertz CT molecular complexity index is 572. The van der Waals surface area contributed by atoms with E-state index in [4.69, 9.17) is 9.47 Å². The van der Waals surface area contributed by atoms with Gasteiger partial charge in [-0.2, -0.15) is 0 Å². The molecule has 0 N–H and O–H groups in total. The molecule has 2 bridgehead atoms. The van der Waals surface area contributed by atoms with Crippen molar-refractivity contribution in [2.45, 2.75) is 38.6 Å². The summed E-state index contributed by atoms with van der Waals surface area (Å²) in [6, 6.07) is 5.74. The van der Waals surface area contributed by atoms with E-state index in [0.717, 1.165) is 28.9 Å². The van der Waals surface area contributed by atoms with Crippen molar-refractivity contribution in [2.24, 2.45) is 17.8 Å². The summed E-state index contributed by atoms with van der Waals surface area (Å²) in [6.45, 7) is 0.576. The number of hydrogen-bond donors (Lipinski definition) is 0. The first-order valence-electron chi connectivity index (χ1n) is 8.55. The molecular weight excluding hydrogens is 290 g/mol. The van der Waals surface area contributed by atoms with Crippen LogP contribution in [0.15, 0.2) is 18.2 Å². The van der Waals surface area contributed by atoms with Crippen LogP contribution >= 0.6 is 0 Å². The SMILES string of the molecule is COc1ccc(CN(C)C(=O)CC2CC3CCC2C3)c(OC)c1. The predicted molar refractivity (Wildman–Crippen MR) is 89.6 cm³/mol. The number of hydrogen-bond acceptors (Lipinski definition) is 3. The van der Waals surface area contributed by atoms with Crippen LogP contribution in [0.3, 0.4) is 0 Å². The Balaban J connectivity index is 1.60. The molecule has 4 heteroatoms. The summed E-state index contributed by atoms with van der Waals surface area (Å²) in [5.74, 6) is 4.09. The van der Waals surface area contributed by atoms with Gasteiger partial charge in [-0.25, -0.2) is 0 Å². The lowest BCUT2D eigenvalue weighted by atomic mass is 9.86. The Morgan fingerprint density at radius 3 is 2.65 bits per heavy atom. The topological polar surface area (TPSA) is 38.8 Å². The minimum atomic E-state index is 0.250. The van der Waals surface area contributed by atoms with Crippen LogP contribution in [0.5, 0.6) is 11.5 Å². The molecule has 1 aromatic carbocycles. The van der Waals surface area contributed by atoms with Gasteiger partial charge in [0.25, 0.3) is 0 Å². The first-order chi connectivity index (χ1) is 11.1. The highest BCUT2D eigenvalue weighted by Crippen LogP contribution is 2.49. The largest absolute Gasteiger partial charge is 0.497 e. The third kappa shape index (κ3) is 3.46. The van der Waals surface area contributed by atoms with Crippen LogP contribution in [0.2, 0.25) is 0 Å². The smallest absolute Gasteiger partial charge is 0.222 e. The number of ether oxygens (including phenoxy) is 2. The van der Waals surface area contributed by atoms with Crippen molar-refractivity contribution in [3.05, 3.63) is 23.8 Å². The van der Waals surface area contributed by atoms with E-state index in [1.54, 1.807) is 14.2 Å². The maximum absolute atomic E-state index is 12.6. The van der Waals surface area contributed by atoms with E-state index < -0.39 is 0 Å². The van der Waals surface area contributed by atoms with Gasteiger partial charge < -0.3 is 14.4 Å². The highest BCUT2D eigenvalue weighted by atomic mass is 16.5. The quantitative estimate of drug-likeness (QED) is 0.806. The Morgan fingerprint density at radius 1 is 1.22 bits per heavy atom. The van der Waals surface area contributed by atoms with E-state index in [2.05, 4.69) is 0 Å². The van der Waals surface area contributed by atoms with Gasteiger partial charge in [-0.05, 0) is 49.1 Å². The molecule has 3 rings (SSSR count). The number of carbonyl (C=O) groups excluding carboxylic acids is 1. The van der Waals surface area contributed by atoms with E-state index >= 15 is 0 Å². The van der Waals surface area contributed by atoms with Crippen LogP contribution in [0.1, 0.15) is 37.7 Å². The van der Waals surface area contributed by atoms with E-state index in [1.807, 2.05) is 30.1 Å². The molecule has 0 aliphatic heterocycles. The zero-order valence-electron chi connectivity index (χ0n) is 14.4. The maximum Gasteiger partial charge on any atom is 0.222 e. The lowest BCUT2D eigenvalue weighted by Crippen LogP contribution is -2.29. The first kappa shape index (κ1) is 16.2. The molecule has 3 unspecified atom stereocenters. The van der Waals surface area contributed by atoms with Gasteiger partial charge in [-0.3, -0.25) is 4.79 Å². The molecule has 3 atom stereocenters. The van der Waals surface area contributed by atoms with Crippen molar-refractivity contribution in [3.63, 3.8) is 0 Å². The van der Waals surface area contributed by atoms with E-state index in [9.17, 15) is 4.79 Å². The molecule has 0 radical (unpaired) electrons. The van der Waals surface area contributed by atoms with Crippen molar-refractivity contribution in [1.82, 2.24) is 4.90 Å². The van der Waals surface area contributed by atoms with Crippen LogP contribution in [0.25, 0.3) is 0 Å². The summed E-state index contributed by atoms with van der Waals surface area (Å²) < 4.78 is 10.6. The Kier molecular flexibility index (Phi) is 4.79. The fourth-order valence-electron chi connectivity index (χ4n) is 4.33. The second-order valence-corrected chi connectivity index (χ2v) is 7.07. The van der Waals surface area contributed by atoms with Gasteiger partial charge in [-0.15, -0.1) is 0 Å².